The molecule has 10 N–H and O–H groups in total. The van der Waals surface area contributed by atoms with E-state index in [1.807, 2.05) is 0 Å². The number of hydrogen-bond donors (Lipinski definition) is 2. The number of hydrogen-bond acceptors (Lipinski definition) is 2. The molecule has 8 nitrogen and oxygen atoms in total. The van der Waals surface area contributed by atoms with E-state index in [4.69, 9.17) is 17.5 Å². The van der Waals surface area contributed by atoms with E-state index >= 15 is 0 Å². The molecule has 0 heterocycles. The van der Waals surface area contributed by atoms with Gasteiger partial charge in [0.1, 0.15) is 0 Å². The minimum Gasteiger partial charge on any atom is -1.00 e. The molecule has 0 rings (SSSR count). The van der Waals surface area contributed by atoms with Crippen molar-refractivity contribution in [3.63, 3.8) is 0 Å². The third-order valence-corrected chi connectivity index (χ3v) is 0. The van der Waals surface area contributed by atoms with E-state index < -0.39 is 10.4 Å². The molecule has 11 heteroatoms. The van der Waals surface area contributed by atoms with Gasteiger partial charge < -0.3 is 23.3 Å². The molecule has 0 bridgehead atoms. The largest absolute Gasteiger partial charge is 1.00 e. The summed E-state index contributed by atoms with van der Waals surface area (Å²) in [5.41, 5.74) is 0. The van der Waals surface area contributed by atoms with Crippen LogP contribution in [0.15, 0.2) is 0 Å². The Morgan fingerprint density at radius 2 is 0.909 bits per heavy atom. The zero-order chi connectivity index (χ0) is 4.50. The molecule has 0 spiro atoms. The molecule has 1 radical (unpaired) electrons. The van der Waals surface area contributed by atoms with Gasteiger partial charge in [0, 0.05) is 17.1 Å². The maximum Gasteiger partial charge on any atom is 1.00 e. The molecule has 11 heavy (non-hydrogen) atoms. The standard InChI is InChI=1S/K.Mn.H2O4S.4H2O.H/c;;1-5(2,3)4;;;;;/h;;(H2,1,2,3,4);4*1H2;/q+1;;;;;;;-1. The summed E-state index contributed by atoms with van der Waals surface area (Å²) >= 11 is 0. The minimum atomic E-state index is -4.67. The molecule has 0 saturated carbocycles. The van der Waals surface area contributed by atoms with Crippen LogP contribution in [0.25, 0.3) is 0 Å². The van der Waals surface area contributed by atoms with Crippen molar-refractivity contribution >= 4 is 10.4 Å². The molecule has 0 amide bonds. The van der Waals surface area contributed by atoms with E-state index in [1.54, 1.807) is 0 Å². The van der Waals surface area contributed by atoms with Crippen LogP contribution in [-0.2, 0) is 27.5 Å². The average molecular weight is 265 g/mol. The molecule has 0 aliphatic carbocycles. The molecular formula is H11KMnO8S. The number of rotatable bonds is 0. The van der Waals surface area contributed by atoms with Crippen LogP contribution in [-0.4, -0.2) is 39.4 Å². The molecule has 0 aromatic carbocycles. The van der Waals surface area contributed by atoms with Crippen LogP contribution in [0.4, 0.5) is 0 Å². The minimum absolute atomic E-state index is 0. The van der Waals surface area contributed by atoms with Crippen molar-refractivity contribution in [1.82, 2.24) is 0 Å². The molecule has 0 aromatic rings. The van der Waals surface area contributed by atoms with Gasteiger partial charge in [0.25, 0.3) is 0 Å². The van der Waals surface area contributed by atoms with Crippen molar-refractivity contribution < 1.29 is 109 Å². The second-order valence-electron chi connectivity index (χ2n) is 0.448. The topological polar surface area (TPSA) is 201 Å². The Balaban J connectivity index is -0.00000000381. The van der Waals surface area contributed by atoms with Crippen molar-refractivity contribution in [2.24, 2.45) is 0 Å². The smallest absolute Gasteiger partial charge is 1.00 e. The Morgan fingerprint density at radius 3 is 0.909 bits per heavy atom. The van der Waals surface area contributed by atoms with Gasteiger partial charge >= 0.3 is 61.8 Å². The first-order chi connectivity index (χ1) is 2.00. The molecule has 0 unspecified atom stereocenters. The van der Waals surface area contributed by atoms with Crippen molar-refractivity contribution in [3.8, 4) is 0 Å². The second kappa shape index (κ2) is 22.6. The molecule has 0 aromatic heterocycles. The summed E-state index contributed by atoms with van der Waals surface area (Å²) in [5.74, 6) is 0. The normalized spacial score (nSPS) is 5.27. The van der Waals surface area contributed by atoms with E-state index in [2.05, 4.69) is 0 Å². The summed E-state index contributed by atoms with van der Waals surface area (Å²) in [6.07, 6.45) is 0. The molecule has 0 saturated heterocycles. The van der Waals surface area contributed by atoms with Crippen LogP contribution in [0.3, 0.4) is 0 Å². The van der Waals surface area contributed by atoms with Crippen molar-refractivity contribution in [3.05, 3.63) is 0 Å². The van der Waals surface area contributed by atoms with Gasteiger partial charge in [-0.25, -0.2) is 0 Å². The van der Waals surface area contributed by atoms with E-state index in [-0.39, 0.29) is 91.8 Å². The third kappa shape index (κ3) is 332. The SMILES string of the molecule is O.O.O.O.O=S(=O)(O)O.[H-].[K+].[Mn]. The Hall–Kier alpha value is 1.87. The fourth-order valence-corrected chi connectivity index (χ4v) is 0. The summed E-state index contributed by atoms with van der Waals surface area (Å²) in [4.78, 5) is 0. The van der Waals surface area contributed by atoms with E-state index in [9.17, 15) is 0 Å². The quantitative estimate of drug-likeness (QED) is 0.323. The van der Waals surface area contributed by atoms with Crippen LogP contribution in [0.2, 0.25) is 0 Å². The summed E-state index contributed by atoms with van der Waals surface area (Å²) in [7, 11) is -4.67. The Bertz CT molecular complexity index is 102. The second-order valence-corrected chi connectivity index (χ2v) is 1.34. The van der Waals surface area contributed by atoms with E-state index in [1.165, 1.54) is 0 Å². The summed E-state index contributed by atoms with van der Waals surface area (Å²) in [5, 5.41) is 0. The Morgan fingerprint density at radius 1 is 0.909 bits per heavy atom. The molecule has 0 aliphatic heterocycles. The monoisotopic (exact) mass is 265 g/mol. The summed E-state index contributed by atoms with van der Waals surface area (Å²) in [6.45, 7) is 0. The van der Waals surface area contributed by atoms with E-state index in [0.717, 1.165) is 0 Å². The van der Waals surface area contributed by atoms with Gasteiger partial charge in [-0.1, -0.05) is 0 Å². The van der Waals surface area contributed by atoms with Gasteiger partial charge in [-0.05, 0) is 0 Å². The van der Waals surface area contributed by atoms with Crippen LogP contribution in [0, 0.1) is 0 Å². The van der Waals surface area contributed by atoms with Gasteiger partial charge in [0.15, 0.2) is 0 Å². The molecular weight excluding hydrogens is 254 g/mol. The fourth-order valence-electron chi connectivity index (χ4n) is 0. The first kappa shape index (κ1) is 52.6. The average Bonchev–Trinajstić information content (AvgIpc) is 0.722. The van der Waals surface area contributed by atoms with E-state index in [0.29, 0.717) is 0 Å². The van der Waals surface area contributed by atoms with Gasteiger partial charge in [0.2, 0.25) is 0 Å². The van der Waals surface area contributed by atoms with Crippen LogP contribution in [0.1, 0.15) is 1.43 Å². The van der Waals surface area contributed by atoms with Crippen LogP contribution in [0.5, 0.6) is 0 Å². The Kier molecular flexibility index (Phi) is 108. The van der Waals surface area contributed by atoms with Crippen LogP contribution < -0.4 is 51.4 Å². The van der Waals surface area contributed by atoms with Gasteiger partial charge in [-0.15, -0.1) is 0 Å². The molecule has 73 valence electrons. The zero-order valence-corrected chi connectivity index (χ0v) is 10.6. The van der Waals surface area contributed by atoms with Crippen molar-refractivity contribution in [2.75, 3.05) is 0 Å². The zero-order valence-electron chi connectivity index (χ0n) is 6.50. The van der Waals surface area contributed by atoms with Gasteiger partial charge in [0.05, 0.1) is 0 Å². The molecule has 0 aliphatic rings. The summed E-state index contributed by atoms with van der Waals surface area (Å²) in [6, 6.07) is 0. The predicted molar refractivity (Wildman–Crippen MR) is 29.7 cm³/mol. The van der Waals surface area contributed by atoms with Crippen molar-refractivity contribution in [2.45, 2.75) is 0 Å². The van der Waals surface area contributed by atoms with Crippen molar-refractivity contribution in [1.29, 1.82) is 0 Å². The molecule has 0 fully saturated rings. The third-order valence-electron chi connectivity index (χ3n) is 0. The Labute approximate surface area is 118 Å². The maximum absolute atomic E-state index is 8.74. The van der Waals surface area contributed by atoms with Gasteiger partial charge in [-0.2, -0.15) is 8.42 Å². The first-order valence-corrected chi connectivity index (χ1v) is 2.10. The molecule has 0 atom stereocenters. The summed E-state index contributed by atoms with van der Waals surface area (Å²) < 4.78 is 31.6. The fraction of sp³-hybridized carbons (Fsp3) is 0. The van der Waals surface area contributed by atoms with Crippen LogP contribution >= 0.6 is 0 Å². The van der Waals surface area contributed by atoms with Gasteiger partial charge in [-0.3, -0.25) is 9.11 Å². The maximum atomic E-state index is 8.74. The predicted octanol–water partition coefficient (Wildman–Crippen LogP) is -6.84. The first-order valence-electron chi connectivity index (χ1n) is 0.698.